The van der Waals surface area contributed by atoms with Crippen LogP contribution in [0.3, 0.4) is 0 Å². The summed E-state index contributed by atoms with van der Waals surface area (Å²) in [5, 5.41) is 41.1. The molecular formula is C20H36O4. The molecule has 4 heteroatoms. The van der Waals surface area contributed by atoms with Gasteiger partial charge in [-0.15, -0.1) is 0 Å². The predicted molar refractivity (Wildman–Crippen MR) is 93.3 cm³/mol. The van der Waals surface area contributed by atoms with Crippen LogP contribution in [0.1, 0.15) is 65.7 Å². The van der Waals surface area contributed by atoms with E-state index in [9.17, 15) is 20.4 Å². The van der Waals surface area contributed by atoms with Crippen molar-refractivity contribution in [3.05, 3.63) is 0 Å². The summed E-state index contributed by atoms with van der Waals surface area (Å²) >= 11 is 0. The molecule has 0 heterocycles. The first-order valence-electron chi connectivity index (χ1n) is 9.82. The first-order valence-corrected chi connectivity index (χ1v) is 9.82. The second-order valence-electron chi connectivity index (χ2n) is 9.64. The van der Waals surface area contributed by atoms with Gasteiger partial charge in [0.1, 0.15) is 0 Å². The van der Waals surface area contributed by atoms with E-state index in [1.54, 1.807) is 0 Å². The lowest BCUT2D eigenvalue weighted by atomic mass is 9.48. The largest absolute Gasteiger partial charge is 0.396 e. The molecule has 0 bridgehead atoms. The Morgan fingerprint density at radius 3 is 2.17 bits per heavy atom. The van der Waals surface area contributed by atoms with Gasteiger partial charge >= 0.3 is 0 Å². The van der Waals surface area contributed by atoms with Gasteiger partial charge in [-0.3, -0.25) is 0 Å². The highest BCUT2D eigenvalue weighted by Gasteiger charge is 2.61. The Morgan fingerprint density at radius 2 is 1.54 bits per heavy atom. The van der Waals surface area contributed by atoms with E-state index < -0.39 is 5.60 Å². The molecule has 0 amide bonds. The predicted octanol–water partition coefficient (Wildman–Crippen LogP) is 2.33. The van der Waals surface area contributed by atoms with E-state index in [0.29, 0.717) is 18.3 Å². The van der Waals surface area contributed by atoms with E-state index in [2.05, 4.69) is 13.8 Å². The minimum Gasteiger partial charge on any atom is -0.396 e. The Balaban J connectivity index is 1.90. The van der Waals surface area contributed by atoms with Crippen LogP contribution in [-0.2, 0) is 0 Å². The number of fused-ring (bicyclic) bond motifs is 1. The molecule has 0 aliphatic heterocycles. The molecule has 0 aromatic carbocycles. The van der Waals surface area contributed by atoms with Gasteiger partial charge in [0.2, 0.25) is 0 Å². The number of hydrogen-bond acceptors (Lipinski definition) is 4. The maximum absolute atomic E-state index is 10.9. The third-order valence-electron chi connectivity index (χ3n) is 8.78. The van der Waals surface area contributed by atoms with Gasteiger partial charge in [-0.1, -0.05) is 13.8 Å². The molecule has 0 spiro atoms. The molecule has 3 aliphatic rings. The molecule has 3 aliphatic carbocycles. The lowest BCUT2D eigenvalue weighted by molar-refractivity contribution is -0.144. The van der Waals surface area contributed by atoms with Gasteiger partial charge in [0.25, 0.3) is 0 Å². The number of aliphatic hydroxyl groups excluding tert-OH is 3. The molecule has 3 saturated carbocycles. The first kappa shape index (κ1) is 18.6. The van der Waals surface area contributed by atoms with Crippen molar-refractivity contribution in [1.29, 1.82) is 0 Å². The molecule has 0 saturated heterocycles. The van der Waals surface area contributed by atoms with E-state index in [1.165, 1.54) is 0 Å². The zero-order valence-corrected chi connectivity index (χ0v) is 15.5. The molecule has 4 nitrogen and oxygen atoms in total. The molecule has 0 aromatic rings. The molecule has 0 aromatic heterocycles. The molecule has 3 rings (SSSR count). The quantitative estimate of drug-likeness (QED) is 0.636. The van der Waals surface area contributed by atoms with Crippen LogP contribution in [0, 0.1) is 34.5 Å². The second kappa shape index (κ2) is 6.22. The SMILES string of the molecule is C[C@@]1([C@H]2CC[C@@]3(C)[C@@H](CC[C@]3(C)O)[C@@H]2CO)CC[C@H](O)C[C@@H]1CO. The second-order valence-corrected chi connectivity index (χ2v) is 9.64. The summed E-state index contributed by atoms with van der Waals surface area (Å²) < 4.78 is 0. The molecule has 24 heavy (non-hydrogen) atoms. The third kappa shape index (κ3) is 2.56. The van der Waals surface area contributed by atoms with Gasteiger partial charge in [-0.2, -0.15) is 0 Å². The van der Waals surface area contributed by atoms with Gasteiger partial charge in [-0.05, 0) is 86.4 Å². The highest BCUT2D eigenvalue weighted by atomic mass is 16.3. The van der Waals surface area contributed by atoms with Crippen LogP contribution >= 0.6 is 0 Å². The Bertz CT molecular complexity index is 465. The van der Waals surface area contributed by atoms with E-state index >= 15 is 0 Å². The molecule has 3 fully saturated rings. The van der Waals surface area contributed by atoms with Gasteiger partial charge in [-0.25, -0.2) is 0 Å². The summed E-state index contributed by atoms with van der Waals surface area (Å²) in [5.74, 6) is 0.997. The molecule has 0 unspecified atom stereocenters. The van der Waals surface area contributed by atoms with Crippen LogP contribution in [0.4, 0.5) is 0 Å². The number of hydrogen-bond donors (Lipinski definition) is 4. The third-order valence-corrected chi connectivity index (χ3v) is 8.78. The average molecular weight is 341 g/mol. The Labute approximate surface area is 146 Å². The summed E-state index contributed by atoms with van der Waals surface area (Å²) in [4.78, 5) is 0. The minimum absolute atomic E-state index is 0.0306. The fourth-order valence-corrected chi connectivity index (χ4v) is 6.77. The Morgan fingerprint density at radius 1 is 0.875 bits per heavy atom. The minimum atomic E-state index is -0.643. The average Bonchev–Trinajstić information content (AvgIpc) is 2.79. The van der Waals surface area contributed by atoms with Gasteiger partial charge in [0.15, 0.2) is 0 Å². The van der Waals surface area contributed by atoms with Gasteiger partial charge < -0.3 is 20.4 Å². The number of rotatable bonds is 3. The van der Waals surface area contributed by atoms with Crippen molar-refractivity contribution in [2.75, 3.05) is 13.2 Å². The number of aliphatic hydroxyl groups is 4. The van der Waals surface area contributed by atoms with Gasteiger partial charge in [0, 0.05) is 13.2 Å². The van der Waals surface area contributed by atoms with Crippen molar-refractivity contribution in [3.8, 4) is 0 Å². The fourth-order valence-electron chi connectivity index (χ4n) is 6.77. The molecule has 140 valence electrons. The monoisotopic (exact) mass is 340 g/mol. The van der Waals surface area contributed by atoms with Crippen molar-refractivity contribution in [3.63, 3.8) is 0 Å². The lowest BCUT2D eigenvalue weighted by Crippen LogP contribution is -2.55. The maximum atomic E-state index is 10.9. The van der Waals surface area contributed by atoms with Crippen LogP contribution in [-0.4, -0.2) is 45.3 Å². The highest BCUT2D eigenvalue weighted by Crippen LogP contribution is 2.64. The van der Waals surface area contributed by atoms with Crippen molar-refractivity contribution < 1.29 is 20.4 Å². The summed E-state index contributed by atoms with van der Waals surface area (Å²) in [6, 6.07) is 0. The zero-order valence-electron chi connectivity index (χ0n) is 15.5. The van der Waals surface area contributed by atoms with Crippen molar-refractivity contribution in [2.24, 2.45) is 34.5 Å². The summed E-state index contributed by atoms with van der Waals surface area (Å²) in [7, 11) is 0. The normalized spacial score (nSPS) is 55.4. The summed E-state index contributed by atoms with van der Waals surface area (Å²) in [6.45, 7) is 6.72. The van der Waals surface area contributed by atoms with Crippen LogP contribution in [0.2, 0.25) is 0 Å². The maximum Gasteiger partial charge on any atom is 0.0675 e. The van der Waals surface area contributed by atoms with Crippen molar-refractivity contribution >= 4 is 0 Å². The first-order chi connectivity index (χ1) is 11.2. The summed E-state index contributed by atoms with van der Waals surface area (Å²) in [6.07, 6.45) is 5.86. The topological polar surface area (TPSA) is 80.9 Å². The molecule has 0 radical (unpaired) electrons. The highest BCUT2D eigenvalue weighted by molar-refractivity contribution is 5.11. The van der Waals surface area contributed by atoms with Crippen molar-refractivity contribution in [2.45, 2.75) is 77.4 Å². The van der Waals surface area contributed by atoms with E-state index in [1.807, 2.05) is 6.92 Å². The van der Waals surface area contributed by atoms with Crippen molar-refractivity contribution in [1.82, 2.24) is 0 Å². The van der Waals surface area contributed by atoms with E-state index in [0.717, 1.165) is 38.5 Å². The Kier molecular flexibility index (Phi) is 4.83. The fraction of sp³-hybridized carbons (Fsp3) is 1.00. The molecule has 8 atom stereocenters. The molecule has 4 N–H and O–H groups in total. The standard InChI is InChI=1S/C20H36O4/c1-18(7-4-14(23)10-13(18)11-21)16-5-8-19(2)17(15(16)12-22)6-9-20(19,3)24/h13-17,21-24H,4-12H2,1-3H3/t13-,14+,15-,16+,17+,18-,19+,20+/m1/s1. The van der Waals surface area contributed by atoms with E-state index in [4.69, 9.17) is 0 Å². The van der Waals surface area contributed by atoms with Crippen LogP contribution in [0.25, 0.3) is 0 Å². The van der Waals surface area contributed by atoms with E-state index in [-0.39, 0.29) is 42.0 Å². The van der Waals surface area contributed by atoms with Crippen LogP contribution in [0.5, 0.6) is 0 Å². The van der Waals surface area contributed by atoms with Crippen LogP contribution < -0.4 is 0 Å². The van der Waals surface area contributed by atoms with Gasteiger partial charge in [0.05, 0.1) is 11.7 Å². The zero-order chi connectivity index (χ0) is 17.8. The smallest absolute Gasteiger partial charge is 0.0675 e. The molecular weight excluding hydrogens is 304 g/mol. The lowest BCUT2D eigenvalue weighted by Gasteiger charge is -2.57. The Hall–Kier alpha value is -0.160. The van der Waals surface area contributed by atoms with Crippen LogP contribution in [0.15, 0.2) is 0 Å². The summed E-state index contributed by atoms with van der Waals surface area (Å²) in [5.41, 5.74) is -0.788.